The van der Waals surface area contributed by atoms with E-state index in [4.69, 9.17) is 9.15 Å². The van der Waals surface area contributed by atoms with Crippen LogP contribution in [0.1, 0.15) is 27.2 Å². The molecule has 2 heterocycles. The largest absolute Gasteiger partial charge is 0.467 e. The predicted molar refractivity (Wildman–Crippen MR) is 108 cm³/mol. The third-order valence-electron chi connectivity index (χ3n) is 4.99. The van der Waals surface area contributed by atoms with E-state index in [-0.39, 0.29) is 12.5 Å². The van der Waals surface area contributed by atoms with Crippen LogP contribution in [0.25, 0.3) is 0 Å². The van der Waals surface area contributed by atoms with E-state index in [1.807, 2.05) is 36.4 Å². The molecular formula is C23H22N2O4. The zero-order valence-electron chi connectivity index (χ0n) is 16.0. The summed E-state index contributed by atoms with van der Waals surface area (Å²) in [7, 11) is 0. The second kappa shape index (κ2) is 8.65. The number of hydrogen-bond donors (Lipinski definition) is 1. The molecule has 0 unspecified atom stereocenters. The van der Waals surface area contributed by atoms with Crippen LogP contribution in [0.3, 0.4) is 0 Å². The van der Waals surface area contributed by atoms with E-state index >= 15 is 0 Å². The Morgan fingerprint density at radius 2 is 1.79 bits per heavy atom. The lowest BCUT2D eigenvalue weighted by Gasteiger charge is -2.28. The molecular weight excluding hydrogens is 368 g/mol. The number of nitrogens with one attached hydrogen (secondary N) is 1. The summed E-state index contributed by atoms with van der Waals surface area (Å²) in [6.45, 7) is 1.36. The summed E-state index contributed by atoms with van der Waals surface area (Å²) in [4.78, 5) is 26.8. The lowest BCUT2D eigenvalue weighted by atomic mass is 10.00. The minimum absolute atomic E-state index is 0.186. The minimum atomic E-state index is -0.529. The third kappa shape index (κ3) is 4.48. The Hall–Kier alpha value is -3.54. The molecule has 1 aliphatic rings. The zero-order chi connectivity index (χ0) is 20.1. The zero-order valence-corrected chi connectivity index (χ0v) is 16.0. The molecule has 0 atom stereocenters. The fourth-order valence-electron chi connectivity index (χ4n) is 3.42. The molecule has 1 aliphatic heterocycles. The van der Waals surface area contributed by atoms with Gasteiger partial charge in [0.15, 0.2) is 6.61 Å². The number of benzene rings is 2. The van der Waals surface area contributed by atoms with Crippen LogP contribution >= 0.6 is 0 Å². The predicted octanol–water partition coefficient (Wildman–Crippen LogP) is 3.63. The Morgan fingerprint density at radius 1 is 1.00 bits per heavy atom. The molecule has 4 rings (SSSR count). The lowest BCUT2D eigenvalue weighted by molar-refractivity contribution is -0.135. The average Bonchev–Trinajstić information content (AvgIpc) is 3.29. The monoisotopic (exact) mass is 390 g/mol. The summed E-state index contributed by atoms with van der Waals surface area (Å²) in [5, 5.41) is 3.17. The van der Waals surface area contributed by atoms with Gasteiger partial charge >= 0.3 is 5.97 Å². The van der Waals surface area contributed by atoms with Crippen molar-refractivity contribution in [2.24, 2.45) is 0 Å². The van der Waals surface area contributed by atoms with Gasteiger partial charge in [0, 0.05) is 18.8 Å². The minimum Gasteiger partial charge on any atom is -0.467 e. The molecule has 148 valence electrons. The van der Waals surface area contributed by atoms with Crippen molar-refractivity contribution >= 4 is 17.6 Å². The van der Waals surface area contributed by atoms with E-state index in [2.05, 4.69) is 11.4 Å². The van der Waals surface area contributed by atoms with Gasteiger partial charge in [-0.3, -0.25) is 4.79 Å². The van der Waals surface area contributed by atoms with Crippen molar-refractivity contribution in [3.05, 3.63) is 89.4 Å². The first-order valence-corrected chi connectivity index (χ1v) is 9.57. The molecule has 0 spiro atoms. The van der Waals surface area contributed by atoms with Gasteiger partial charge in [-0.25, -0.2) is 4.79 Å². The number of esters is 1. The molecule has 0 saturated carbocycles. The number of ether oxygens (including phenoxy) is 1. The second-order valence-corrected chi connectivity index (χ2v) is 6.89. The summed E-state index contributed by atoms with van der Waals surface area (Å²) in [6.07, 6.45) is 2.41. The number of anilines is 1. The second-order valence-electron chi connectivity index (χ2n) is 6.89. The normalized spacial score (nSPS) is 12.9. The number of hydrogen-bond acceptors (Lipinski definition) is 5. The molecule has 0 aliphatic carbocycles. The van der Waals surface area contributed by atoms with Crippen LogP contribution in [0.2, 0.25) is 0 Å². The maximum atomic E-state index is 12.6. The van der Waals surface area contributed by atoms with E-state index in [0.717, 1.165) is 17.7 Å². The molecule has 1 aromatic heterocycles. The number of fused-ring (bicyclic) bond motifs is 1. The number of furan rings is 1. The first-order chi connectivity index (χ1) is 14.2. The standard InChI is InChI=1S/C23H22N2O4/c26-22(25-12-11-17-6-1-2-7-18(17)15-25)16-29-23(27)20-9-3-4-10-21(20)24-14-19-8-5-13-28-19/h1-10,13,24H,11-12,14-16H2. The Morgan fingerprint density at radius 3 is 2.62 bits per heavy atom. The van der Waals surface area contributed by atoms with Gasteiger partial charge in [0.2, 0.25) is 0 Å². The number of nitrogens with zero attached hydrogens (tertiary/aromatic N) is 1. The van der Waals surface area contributed by atoms with Gasteiger partial charge < -0.3 is 19.4 Å². The van der Waals surface area contributed by atoms with Gasteiger partial charge in [-0.05, 0) is 41.8 Å². The van der Waals surface area contributed by atoms with Gasteiger partial charge in [-0.2, -0.15) is 0 Å². The van der Waals surface area contributed by atoms with E-state index in [1.165, 1.54) is 5.56 Å². The van der Waals surface area contributed by atoms with Crippen molar-refractivity contribution in [3.63, 3.8) is 0 Å². The fraction of sp³-hybridized carbons (Fsp3) is 0.217. The molecule has 6 heteroatoms. The van der Waals surface area contributed by atoms with Gasteiger partial charge in [0.25, 0.3) is 5.91 Å². The molecule has 3 aromatic rings. The Bertz CT molecular complexity index is 998. The van der Waals surface area contributed by atoms with Crippen LogP contribution in [0.4, 0.5) is 5.69 Å². The van der Waals surface area contributed by atoms with Gasteiger partial charge in [-0.1, -0.05) is 36.4 Å². The molecule has 1 amide bonds. The van der Waals surface area contributed by atoms with Crippen molar-refractivity contribution in [2.75, 3.05) is 18.5 Å². The van der Waals surface area contributed by atoms with Crippen LogP contribution in [0.15, 0.2) is 71.3 Å². The Labute approximate surface area is 169 Å². The average molecular weight is 390 g/mol. The molecule has 2 aromatic carbocycles. The number of rotatable bonds is 6. The Kier molecular flexibility index (Phi) is 5.61. The molecule has 0 saturated heterocycles. The highest BCUT2D eigenvalue weighted by atomic mass is 16.5. The maximum Gasteiger partial charge on any atom is 0.340 e. The number of para-hydroxylation sites is 1. The first-order valence-electron chi connectivity index (χ1n) is 9.57. The smallest absolute Gasteiger partial charge is 0.340 e. The highest BCUT2D eigenvalue weighted by molar-refractivity contribution is 5.96. The maximum absolute atomic E-state index is 12.6. The van der Waals surface area contributed by atoms with E-state index in [1.54, 1.807) is 29.4 Å². The van der Waals surface area contributed by atoms with Crippen molar-refractivity contribution in [3.8, 4) is 0 Å². The highest BCUT2D eigenvalue weighted by Gasteiger charge is 2.22. The number of carbonyl (C=O) groups excluding carboxylic acids is 2. The first kappa shape index (κ1) is 18.8. The number of carbonyl (C=O) groups is 2. The van der Waals surface area contributed by atoms with E-state index in [9.17, 15) is 9.59 Å². The van der Waals surface area contributed by atoms with Crippen LogP contribution in [0.5, 0.6) is 0 Å². The molecule has 0 radical (unpaired) electrons. The molecule has 6 nitrogen and oxygen atoms in total. The molecule has 0 bridgehead atoms. The van der Waals surface area contributed by atoms with Gasteiger partial charge in [-0.15, -0.1) is 0 Å². The molecule has 29 heavy (non-hydrogen) atoms. The van der Waals surface area contributed by atoms with Gasteiger partial charge in [0.05, 0.1) is 18.4 Å². The van der Waals surface area contributed by atoms with Crippen LogP contribution in [-0.2, 0) is 29.0 Å². The fourth-order valence-corrected chi connectivity index (χ4v) is 3.42. The van der Waals surface area contributed by atoms with Crippen molar-refractivity contribution in [1.82, 2.24) is 4.90 Å². The van der Waals surface area contributed by atoms with Crippen LogP contribution in [-0.4, -0.2) is 29.9 Å². The van der Waals surface area contributed by atoms with E-state index < -0.39 is 5.97 Å². The Balaban J connectivity index is 1.34. The summed E-state index contributed by atoms with van der Waals surface area (Å²) >= 11 is 0. The van der Waals surface area contributed by atoms with Crippen molar-refractivity contribution in [1.29, 1.82) is 0 Å². The summed E-state index contributed by atoms with van der Waals surface area (Å²) in [5.74, 6) is 0.0425. The summed E-state index contributed by atoms with van der Waals surface area (Å²) < 4.78 is 10.6. The van der Waals surface area contributed by atoms with Crippen LogP contribution < -0.4 is 5.32 Å². The topological polar surface area (TPSA) is 71.8 Å². The molecule has 1 N–H and O–H groups in total. The summed E-state index contributed by atoms with van der Waals surface area (Å²) in [6, 6.07) is 18.8. The van der Waals surface area contributed by atoms with Gasteiger partial charge in [0.1, 0.15) is 5.76 Å². The van der Waals surface area contributed by atoms with E-state index in [0.29, 0.717) is 30.9 Å². The quantitative estimate of drug-likeness (QED) is 0.651. The van der Waals surface area contributed by atoms with Crippen LogP contribution in [0, 0.1) is 0 Å². The lowest BCUT2D eigenvalue weighted by Crippen LogP contribution is -2.38. The summed E-state index contributed by atoms with van der Waals surface area (Å²) in [5.41, 5.74) is 3.43. The van der Waals surface area contributed by atoms with Crippen molar-refractivity contribution < 1.29 is 18.7 Å². The molecule has 0 fully saturated rings. The SMILES string of the molecule is O=C(OCC(=O)N1CCc2ccccc2C1)c1ccccc1NCc1ccco1. The van der Waals surface area contributed by atoms with Crippen molar-refractivity contribution in [2.45, 2.75) is 19.5 Å². The third-order valence-corrected chi connectivity index (χ3v) is 4.99. The number of amides is 1. The highest BCUT2D eigenvalue weighted by Crippen LogP contribution is 2.20.